The Morgan fingerprint density at radius 2 is 1.93 bits per heavy atom. The predicted octanol–water partition coefficient (Wildman–Crippen LogP) is 2.41. The van der Waals surface area contributed by atoms with Crippen molar-refractivity contribution in [3.8, 4) is 6.01 Å². The molecule has 0 aromatic carbocycles. The molecule has 142 valence electrons. The number of rotatable bonds is 3. The van der Waals surface area contributed by atoms with E-state index in [0.717, 1.165) is 31.2 Å². The number of piperidine rings is 1. The molecule has 2 aromatic rings. The third-order valence-corrected chi connectivity index (χ3v) is 5.44. The Bertz CT molecular complexity index is 791. The van der Waals surface area contributed by atoms with Crippen LogP contribution in [0.3, 0.4) is 0 Å². The Morgan fingerprint density at radius 1 is 1.19 bits per heavy atom. The first-order chi connectivity index (χ1) is 13.2. The normalized spacial score (nSPS) is 21.8. The fourth-order valence-corrected chi connectivity index (χ4v) is 3.90. The summed E-state index contributed by atoms with van der Waals surface area (Å²) in [6, 6.07) is 5.96. The van der Waals surface area contributed by atoms with Crippen LogP contribution < -0.4 is 4.74 Å². The lowest BCUT2D eigenvalue weighted by Gasteiger charge is -2.45. The van der Waals surface area contributed by atoms with Gasteiger partial charge in [-0.3, -0.25) is 9.78 Å². The highest BCUT2D eigenvalue weighted by atomic mass is 16.5. The molecule has 4 rings (SSSR count). The van der Waals surface area contributed by atoms with E-state index in [1.807, 2.05) is 24.0 Å². The molecule has 2 saturated heterocycles. The number of amides is 1. The van der Waals surface area contributed by atoms with Gasteiger partial charge in [-0.2, -0.15) is 0 Å². The molecule has 1 spiro atoms. The summed E-state index contributed by atoms with van der Waals surface area (Å²) >= 11 is 0. The number of hydrogen-bond acceptors (Lipinski definition) is 6. The van der Waals surface area contributed by atoms with Crippen LogP contribution in [0.25, 0.3) is 0 Å². The van der Waals surface area contributed by atoms with Gasteiger partial charge < -0.3 is 14.4 Å². The van der Waals surface area contributed by atoms with Crippen molar-refractivity contribution in [2.24, 2.45) is 0 Å². The fraction of sp³-hybridized carbons (Fsp3) is 0.500. The second kappa shape index (κ2) is 7.60. The van der Waals surface area contributed by atoms with Crippen LogP contribution >= 0.6 is 0 Å². The van der Waals surface area contributed by atoms with Crippen molar-refractivity contribution < 1.29 is 14.3 Å². The summed E-state index contributed by atoms with van der Waals surface area (Å²) in [6.45, 7) is 3.92. The van der Waals surface area contributed by atoms with E-state index in [4.69, 9.17) is 9.47 Å². The lowest BCUT2D eigenvalue weighted by Crippen LogP contribution is -2.52. The quantitative estimate of drug-likeness (QED) is 0.828. The average molecular weight is 368 g/mol. The van der Waals surface area contributed by atoms with Gasteiger partial charge in [0.2, 0.25) is 0 Å². The monoisotopic (exact) mass is 368 g/mol. The molecule has 2 aromatic heterocycles. The van der Waals surface area contributed by atoms with Crippen LogP contribution in [0.15, 0.2) is 36.8 Å². The van der Waals surface area contributed by atoms with E-state index >= 15 is 0 Å². The molecule has 2 aliphatic rings. The molecule has 27 heavy (non-hydrogen) atoms. The van der Waals surface area contributed by atoms with Crippen molar-refractivity contribution >= 4 is 5.91 Å². The number of pyridine rings is 1. The van der Waals surface area contributed by atoms with Gasteiger partial charge in [0.25, 0.3) is 5.91 Å². The zero-order valence-corrected chi connectivity index (χ0v) is 15.5. The van der Waals surface area contributed by atoms with Crippen LogP contribution in [-0.4, -0.2) is 57.2 Å². The molecule has 7 heteroatoms. The van der Waals surface area contributed by atoms with Crippen molar-refractivity contribution in [1.29, 1.82) is 0 Å². The summed E-state index contributed by atoms with van der Waals surface area (Å²) in [7, 11) is 0. The number of likely N-dealkylation sites (tertiary alicyclic amines) is 1. The molecule has 0 radical (unpaired) electrons. The van der Waals surface area contributed by atoms with Gasteiger partial charge in [-0.05, 0) is 37.5 Å². The van der Waals surface area contributed by atoms with E-state index < -0.39 is 0 Å². The number of ether oxygens (including phenoxy) is 2. The van der Waals surface area contributed by atoms with Crippen LogP contribution in [-0.2, 0) is 4.74 Å². The Hall–Kier alpha value is -2.54. The Kier molecular flexibility index (Phi) is 5.03. The highest BCUT2D eigenvalue weighted by Crippen LogP contribution is 2.36. The molecule has 0 bridgehead atoms. The Balaban J connectivity index is 1.37. The van der Waals surface area contributed by atoms with Crippen LogP contribution in [0.4, 0.5) is 0 Å². The third kappa shape index (κ3) is 3.93. The molecule has 0 saturated carbocycles. The van der Waals surface area contributed by atoms with Gasteiger partial charge >= 0.3 is 6.01 Å². The molecule has 2 fully saturated rings. The molecule has 1 atom stereocenters. The molecule has 4 heterocycles. The Labute approximate surface area is 158 Å². The van der Waals surface area contributed by atoms with Crippen molar-refractivity contribution in [2.75, 3.05) is 19.7 Å². The van der Waals surface area contributed by atoms with E-state index in [1.165, 1.54) is 0 Å². The Morgan fingerprint density at radius 3 is 2.67 bits per heavy atom. The molecule has 1 unspecified atom stereocenters. The second-order valence-electron chi connectivity index (χ2n) is 7.26. The first-order valence-electron chi connectivity index (χ1n) is 9.44. The maximum absolute atomic E-state index is 12.8. The van der Waals surface area contributed by atoms with Crippen molar-refractivity contribution in [2.45, 2.75) is 44.3 Å². The van der Waals surface area contributed by atoms with Gasteiger partial charge in [-0.15, -0.1) is 0 Å². The molecule has 2 aliphatic heterocycles. The van der Waals surface area contributed by atoms with Gasteiger partial charge in [0.1, 0.15) is 11.8 Å². The van der Waals surface area contributed by atoms with Crippen LogP contribution in [0.5, 0.6) is 6.01 Å². The molecular formula is C20H24N4O3. The van der Waals surface area contributed by atoms with Gasteiger partial charge in [-0.25, -0.2) is 9.97 Å². The SMILES string of the molecule is Cc1cccnc1C(=O)N1CCC2(CC1)CC(Oc1ncccn1)CCO2. The minimum atomic E-state index is -0.229. The maximum atomic E-state index is 12.8. The zero-order valence-electron chi connectivity index (χ0n) is 15.5. The van der Waals surface area contributed by atoms with Gasteiger partial charge in [0.05, 0.1) is 12.2 Å². The van der Waals surface area contributed by atoms with Gasteiger partial charge in [0, 0.05) is 44.5 Å². The third-order valence-electron chi connectivity index (χ3n) is 5.44. The average Bonchev–Trinajstić information content (AvgIpc) is 2.69. The molecule has 0 aliphatic carbocycles. The highest BCUT2D eigenvalue weighted by Gasteiger charge is 2.42. The predicted molar refractivity (Wildman–Crippen MR) is 98.5 cm³/mol. The lowest BCUT2D eigenvalue weighted by molar-refractivity contribution is -0.136. The number of carbonyl (C=O) groups excluding carboxylic acids is 1. The smallest absolute Gasteiger partial charge is 0.316 e. The van der Waals surface area contributed by atoms with E-state index in [1.54, 1.807) is 24.7 Å². The number of nitrogens with zero attached hydrogens (tertiary/aromatic N) is 4. The number of aromatic nitrogens is 3. The van der Waals surface area contributed by atoms with E-state index in [-0.39, 0.29) is 17.6 Å². The number of hydrogen-bond donors (Lipinski definition) is 0. The minimum Gasteiger partial charge on any atom is -0.460 e. The minimum absolute atomic E-state index is 0.00393. The summed E-state index contributed by atoms with van der Waals surface area (Å²) in [5.74, 6) is 0.00393. The van der Waals surface area contributed by atoms with E-state index in [9.17, 15) is 4.79 Å². The number of carbonyl (C=O) groups is 1. The van der Waals surface area contributed by atoms with E-state index in [0.29, 0.717) is 31.4 Å². The topological polar surface area (TPSA) is 77.4 Å². The van der Waals surface area contributed by atoms with Crippen molar-refractivity contribution in [3.63, 3.8) is 0 Å². The van der Waals surface area contributed by atoms with Gasteiger partial charge in [0.15, 0.2) is 0 Å². The van der Waals surface area contributed by atoms with Crippen LogP contribution in [0, 0.1) is 6.92 Å². The van der Waals surface area contributed by atoms with Crippen molar-refractivity contribution in [1.82, 2.24) is 19.9 Å². The van der Waals surface area contributed by atoms with E-state index in [2.05, 4.69) is 15.0 Å². The molecule has 1 amide bonds. The standard InChI is InChI=1S/C20H24N4O3/c1-15-4-2-8-21-17(15)18(25)24-11-6-20(7-12-24)14-16(5-13-26-20)27-19-22-9-3-10-23-19/h2-4,8-10,16H,5-7,11-14H2,1H3. The number of aryl methyl sites for hydroxylation is 1. The molecular weight excluding hydrogens is 344 g/mol. The molecule has 0 N–H and O–H groups in total. The second-order valence-corrected chi connectivity index (χ2v) is 7.26. The first kappa shape index (κ1) is 17.9. The first-order valence-corrected chi connectivity index (χ1v) is 9.44. The molecule has 7 nitrogen and oxygen atoms in total. The summed E-state index contributed by atoms with van der Waals surface area (Å²) in [5, 5.41) is 0. The highest BCUT2D eigenvalue weighted by molar-refractivity contribution is 5.93. The summed E-state index contributed by atoms with van der Waals surface area (Å²) in [5.41, 5.74) is 1.22. The summed E-state index contributed by atoms with van der Waals surface area (Å²) in [6.07, 6.45) is 8.32. The fourth-order valence-electron chi connectivity index (χ4n) is 3.90. The lowest BCUT2D eigenvalue weighted by atomic mass is 9.83. The summed E-state index contributed by atoms with van der Waals surface area (Å²) < 4.78 is 12.1. The van der Waals surface area contributed by atoms with Gasteiger partial charge in [-0.1, -0.05) is 6.07 Å². The van der Waals surface area contributed by atoms with Crippen LogP contribution in [0.1, 0.15) is 41.7 Å². The largest absolute Gasteiger partial charge is 0.460 e. The van der Waals surface area contributed by atoms with Crippen molar-refractivity contribution in [3.05, 3.63) is 48.0 Å². The van der Waals surface area contributed by atoms with Crippen LogP contribution in [0.2, 0.25) is 0 Å². The summed E-state index contributed by atoms with van der Waals surface area (Å²) in [4.78, 5) is 27.2. The maximum Gasteiger partial charge on any atom is 0.316 e. The zero-order chi connectivity index (χ0) is 18.7.